The highest BCUT2D eigenvalue weighted by atomic mass is 32.1. The van der Waals surface area contributed by atoms with Crippen LogP contribution >= 0.6 is 22.7 Å². The van der Waals surface area contributed by atoms with Gasteiger partial charge < -0.3 is 9.47 Å². The molecule has 3 aromatic heterocycles. The number of benzene rings is 7. The summed E-state index contributed by atoms with van der Waals surface area (Å²) < 4.78 is 7.75. The van der Waals surface area contributed by atoms with E-state index in [0.717, 1.165) is 22.7 Å². The summed E-state index contributed by atoms with van der Waals surface area (Å²) in [4.78, 5) is 2.40. The number of thiophene rings is 2. The van der Waals surface area contributed by atoms with E-state index >= 15 is 0 Å². The number of nitrogens with zero attached hydrogens (tertiary/aromatic N) is 2. The van der Waals surface area contributed by atoms with Crippen molar-refractivity contribution in [3.05, 3.63) is 158 Å². The van der Waals surface area contributed by atoms with Crippen molar-refractivity contribution < 1.29 is 0 Å². The molecule has 0 N–H and O–H groups in total. The highest BCUT2D eigenvalue weighted by Gasteiger charge is 2.20. The van der Waals surface area contributed by atoms with Gasteiger partial charge in [0.25, 0.3) is 0 Å². The Labute approximate surface area is 273 Å². The van der Waals surface area contributed by atoms with E-state index in [9.17, 15) is 0 Å². The van der Waals surface area contributed by atoms with Crippen molar-refractivity contribution in [3.63, 3.8) is 0 Å². The Morgan fingerprint density at radius 1 is 0.391 bits per heavy atom. The molecule has 10 rings (SSSR count). The molecule has 7 aromatic carbocycles. The largest absolute Gasteiger partial charge is 0.310 e. The molecule has 0 spiro atoms. The topological polar surface area (TPSA) is 8.17 Å². The van der Waals surface area contributed by atoms with Crippen LogP contribution in [0.15, 0.2) is 158 Å². The van der Waals surface area contributed by atoms with Gasteiger partial charge in [0.15, 0.2) is 0 Å². The van der Waals surface area contributed by atoms with Gasteiger partial charge >= 0.3 is 0 Å². The SMILES string of the molecule is c1ccc(N(c2ccc3sc4ccccc4c3c2)c2ccc3c4c5sc6ccccc6c5ccc4n(-c4ccccc4)c3c2)cc1. The van der Waals surface area contributed by atoms with Gasteiger partial charge in [-0.05, 0) is 72.8 Å². The Bertz CT molecular complexity index is 2750. The summed E-state index contributed by atoms with van der Waals surface area (Å²) in [6.07, 6.45) is 0. The first kappa shape index (κ1) is 25.9. The fourth-order valence-corrected chi connectivity index (χ4v) is 9.49. The third-order valence-electron chi connectivity index (χ3n) is 9.16. The lowest BCUT2D eigenvalue weighted by molar-refractivity contribution is 1.18. The number of aromatic nitrogens is 1. The molecule has 0 saturated heterocycles. The lowest BCUT2D eigenvalue weighted by Crippen LogP contribution is -2.09. The fourth-order valence-electron chi connectivity index (χ4n) is 7.14. The average Bonchev–Trinajstić information content (AvgIpc) is 3.78. The first-order valence-corrected chi connectivity index (χ1v) is 17.2. The molecule has 0 fully saturated rings. The van der Waals surface area contributed by atoms with Crippen LogP contribution in [0, 0.1) is 0 Å². The monoisotopic (exact) mass is 622 g/mol. The fraction of sp³-hybridized carbons (Fsp3) is 0. The van der Waals surface area contributed by atoms with Crippen molar-refractivity contribution in [1.29, 1.82) is 0 Å². The van der Waals surface area contributed by atoms with Crippen LogP contribution in [0.5, 0.6) is 0 Å². The molecule has 46 heavy (non-hydrogen) atoms. The molecule has 0 bridgehead atoms. The standard InChI is InChI=1S/C42H26N2S2/c1-3-11-27(12-4-1)43(29-20-24-40-35(25-29)32-16-8-9-17-38(32)45-40)30-19-21-34-37(26-30)44(28-13-5-2-6-14-28)36-23-22-33-31-15-7-10-18-39(31)46-42(33)41(34)36/h1-26H. The Kier molecular flexibility index (Phi) is 5.65. The average molecular weight is 623 g/mol. The zero-order chi connectivity index (χ0) is 30.2. The minimum absolute atomic E-state index is 1.13. The molecule has 0 radical (unpaired) electrons. The molecule has 0 unspecified atom stereocenters. The van der Waals surface area contributed by atoms with E-state index in [2.05, 4.69) is 167 Å². The number of rotatable bonds is 4. The van der Waals surface area contributed by atoms with Crippen molar-refractivity contribution in [3.8, 4) is 5.69 Å². The number of hydrogen-bond donors (Lipinski definition) is 0. The maximum absolute atomic E-state index is 2.44. The Morgan fingerprint density at radius 3 is 1.80 bits per heavy atom. The van der Waals surface area contributed by atoms with E-state index in [1.807, 2.05) is 22.7 Å². The molecule has 216 valence electrons. The van der Waals surface area contributed by atoms with Crippen LogP contribution in [0.2, 0.25) is 0 Å². The number of anilines is 3. The third-order valence-corrected chi connectivity index (χ3v) is 11.5. The van der Waals surface area contributed by atoms with Crippen molar-refractivity contribution in [2.45, 2.75) is 0 Å². The van der Waals surface area contributed by atoms with Crippen LogP contribution in [-0.2, 0) is 0 Å². The smallest absolute Gasteiger partial charge is 0.0562 e. The van der Waals surface area contributed by atoms with E-state index in [0.29, 0.717) is 0 Å². The van der Waals surface area contributed by atoms with E-state index in [1.54, 1.807) is 0 Å². The summed E-state index contributed by atoms with van der Waals surface area (Å²) in [5.74, 6) is 0. The first-order chi connectivity index (χ1) is 22.8. The van der Waals surface area contributed by atoms with Crippen LogP contribution < -0.4 is 4.90 Å². The van der Waals surface area contributed by atoms with Crippen LogP contribution in [0.3, 0.4) is 0 Å². The van der Waals surface area contributed by atoms with E-state index < -0.39 is 0 Å². The highest BCUT2D eigenvalue weighted by Crippen LogP contribution is 2.46. The predicted molar refractivity (Wildman–Crippen MR) is 201 cm³/mol. The maximum atomic E-state index is 2.44. The van der Waals surface area contributed by atoms with Gasteiger partial charge in [-0.1, -0.05) is 84.9 Å². The maximum Gasteiger partial charge on any atom is 0.0562 e. The Balaban J connectivity index is 1.27. The Morgan fingerprint density at radius 2 is 1.00 bits per heavy atom. The molecule has 10 aromatic rings. The first-order valence-electron chi connectivity index (χ1n) is 15.5. The van der Waals surface area contributed by atoms with Gasteiger partial charge in [0.2, 0.25) is 0 Å². The predicted octanol–water partition coefficient (Wildman–Crippen LogP) is 13.0. The quantitative estimate of drug-likeness (QED) is 0.190. The summed E-state index contributed by atoms with van der Waals surface area (Å²) in [7, 11) is 0. The van der Waals surface area contributed by atoms with Gasteiger partial charge in [0.1, 0.15) is 0 Å². The summed E-state index contributed by atoms with van der Waals surface area (Å²) in [5, 5.41) is 7.85. The highest BCUT2D eigenvalue weighted by molar-refractivity contribution is 7.27. The van der Waals surface area contributed by atoms with Crippen molar-refractivity contribution >= 4 is 102 Å². The minimum Gasteiger partial charge on any atom is -0.310 e. The van der Waals surface area contributed by atoms with E-state index in [1.165, 1.54) is 62.2 Å². The van der Waals surface area contributed by atoms with Gasteiger partial charge in [-0.25, -0.2) is 0 Å². The summed E-state index contributed by atoms with van der Waals surface area (Å²) in [6, 6.07) is 57.6. The van der Waals surface area contributed by atoms with Gasteiger partial charge in [-0.15, -0.1) is 22.7 Å². The Hall–Kier alpha value is -5.42. The van der Waals surface area contributed by atoms with Crippen LogP contribution in [0.25, 0.3) is 67.8 Å². The lowest BCUT2D eigenvalue weighted by atomic mass is 10.1. The van der Waals surface area contributed by atoms with Gasteiger partial charge in [-0.3, -0.25) is 0 Å². The lowest BCUT2D eigenvalue weighted by Gasteiger charge is -2.26. The minimum atomic E-state index is 1.13. The molecule has 2 nitrogen and oxygen atoms in total. The molecule has 0 aliphatic rings. The van der Waals surface area contributed by atoms with Crippen molar-refractivity contribution in [1.82, 2.24) is 4.57 Å². The zero-order valence-corrected chi connectivity index (χ0v) is 26.4. The van der Waals surface area contributed by atoms with Gasteiger partial charge in [-0.2, -0.15) is 0 Å². The molecule has 0 aliphatic carbocycles. The molecule has 3 heterocycles. The van der Waals surface area contributed by atoms with Gasteiger partial charge in [0, 0.05) is 73.9 Å². The van der Waals surface area contributed by atoms with Crippen LogP contribution in [-0.4, -0.2) is 4.57 Å². The second-order valence-electron chi connectivity index (χ2n) is 11.8. The molecule has 0 saturated carbocycles. The molecular weight excluding hydrogens is 597 g/mol. The molecular formula is C42H26N2S2. The van der Waals surface area contributed by atoms with Crippen molar-refractivity contribution in [2.24, 2.45) is 0 Å². The third kappa shape index (κ3) is 3.81. The molecule has 0 aliphatic heterocycles. The number of hydrogen-bond acceptors (Lipinski definition) is 3. The van der Waals surface area contributed by atoms with E-state index in [-0.39, 0.29) is 0 Å². The normalized spacial score (nSPS) is 11.9. The number of para-hydroxylation sites is 2. The van der Waals surface area contributed by atoms with Gasteiger partial charge in [0.05, 0.1) is 11.0 Å². The van der Waals surface area contributed by atoms with Crippen LogP contribution in [0.4, 0.5) is 17.1 Å². The summed E-state index contributed by atoms with van der Waals surface area (Å²) in [5.41, 5.74) is 7.01. The van der Waals surface area contributed by atoms with Crippen LogP contribution in [0.1, 0.15) is 0 Å². The molecule has 0 amide bonds. The molecule has 4 heteroatoms. The summed E-state index contributed by atoms with van der Waals surface area (Å²) >= 11 is 3.76. The zero-order valence-electron chi connectivity index (χ0n) is 24.7. The number of fused-ring (bicyclic) bond motifs is 10. The summed E-state index contributed by atoms with van der Waals surface area (Å²) in [6.45, 7) is 0. The van der Waals surface area contributed by atoms with E-state index in [4.69, 9.17) is 0 Å². The van der Waals surface area contributed by atoms with Crippen molar-refractivity contribution in [2.75, 3.05) is 4.90 Å². The second-order valence-corrected chi connectivity index (χ2v) is 13.9. The second kappa shape index (κ2) is 10.0. The molecule has 0 atom stereocenters.